The van der Waals surface area contributed by atoms with E-state index in [2.05, 4.69) is 13.8 Å². The smallest absolute Gasteiger partial charge is 0.388 e. The second-order valence-electron chi connectivity index (χ2n) is 11.4. The molecule has 1 unspecified atom stereocenters. The van der Waals surface area contributed by atoms with Crippen LogP contribution in [0.4, 0.5) is 13.2 Å². The number of fused-ring (bicyclic) bond motifs is 4. The number of benzene rings is 1. The van der Waals surface area contributed by atoms with Gasteiger partial charge in [-0.3, -0.25) is 4.98 Å². The van der Waals surface area contributed by atoms with Crippen molar-refractivity contribution in [2.24, 2.45) is 5.41 Å². The Bertz CT molecular complexity index is 1110. The second kappa shape index (κ2) is 7.54. The molecule has 2 fully saturated rings. The number of hydrogen-bond acceptors (Lipinski definition) is 3. The summed E-state index contributed by atoms with van der Waals surface area (Å²) < 4.78 is 46.5. The van der Waals surface area contributed by atoms with Crippen molar-refractivity contribution in [1.82, 2.24) is 4.98 Å². The molecule has 34 heavy (non-hydrogen) atoms. The third kappa shape index (κ3) is 3.28. The first-order valence-corrected chi connectivity index (χ1v) is 12.7. The molecule has 182 valence electrons. The molecule has 0 radical (unpaired) electrons. The molecule has 0 saturated heterocycles. The van der Waals surface area contributed by atoms with Crippen molar-refractivity contribution < 1.29 is 23.0 Å². The number of nitrogens with zero attached hydrogens (tertiary/aromatic N) is 1. The molecular weight excluding hydrogens is 439 g/mol. The van der Waals surface area contributed by atoms with Gasteiger partial charge in [0.15, 0.2) is 0 Å². The molecule has 1 aliphatic heterocycles. The molecule has 0 bridgehead atoms. The maximum absolute atomic E-state index is 13.2. The lowest BCUT2D eigenvalue weighted by Crippen LogP contribution is -2.39. The second-order valence-corrected chi connectivity index (χ2v) is 11.4. The van der Waals surface area contributed by atoms with E-state index in [0.29, 0.717) is 0 Å². The van der Waals surface area contributed by atoms with Crippen LogP contribution in [0, 0.1) is 5.41 Å². The standard InChI is InChI=1S/C28H32F3NO2/c1-16(2)24-22-23(21-19(32-24)14-26(10-5-11-26)15-20(21)33)27(12-3-4-13-27)34-25(22)17-6-8-18(9-7-17)28(29,30)31/h6-9,16,20,25,33H,3-5,10-15H2,1-2H3/t20?,25-/m1/s1. The average molecular weight is 472 g/mol. The number of ether oxygens (including phenoxy) is 1. The molecule has 2 aromatic rings. The van der Waals surface area contributed by atoms with Crippen LogP contribution in [-0.4, -0.2) is 10.1 Å². The molecule has 1 aromatic carbocycles. The lowest BCUT2D eigenvalue weighted by atomic mass is 9.59. The van der Waals surface area contributed by atoms with Crippen LogP contribution in [-0.2, 0) is 22.9 Å². The highest BCUT2D eigenvalue weighted by Gasteiger charge is 2.54. The van der Waals surface area contributed by atoms with Crippen LogP contribution in [0.25, 0.3) is 0 Å². The zero-order valence-corrected chi connectivity index (χ0v) is 19.8. The molecule has 6 heteroatoms. The van der Waals surface area contributed by atoms with Gasteiger partial charge in [0.25, 0.3) is 0 Å². The SMILES string of the molecule is CC(C)c1nc2c(c3c1[C@@H](c1ccc(C(F)(F)F)cc1)OC31CCCC1)C(O)CC1(CCC1)C2. The fourth-order valence-electron chi connectivity index (χ4n) is 7.11. The van der Waals surface area contributed by atoms with Gasteiger partial charge >= 0.3 is 6.18 Å². The molecule has 3 nitrogen and oxygen atoms in total. The summed E-state index contributed by atoms with van der Waals surface area (Å²) in [4.78, 5) is 5.18. The van der Waals surface area contributed by atoms with E-state index in [4.69, 9.17) is 9.72 Å². The Morgan fingerprint density at radius 2 is 1.68 bits per heavy atom. The summed E-state index contributed by atoms with van der Waals surface area (Å²) in [5.41, 5.74) is 4.86. The molecule has 3 aliphatic carbocycles. The van der Waals surface area contributed by atoms with Crippen LogP contribution >= 0.6 is 0 Å². The number of hydrogen-bond donors (Lipinski definition) is 1. The molecule has 1 aromatic heterocycles. The molecule has 2 atom stereocenters. The number of aliphatic hydroxyl groups is 1. The van der Waals surface area contributed by atoms with Gasteiger partial charge in [-0.2, -0.15) is 13.2 Å². The van der Waals surface area contributed by atoms with Crippen LogP contribution in [0.5, 0.6) is 0 Å². The van der Waals surface area contributed by atoms with Crippen LogP contribution in [0.3, 0.4) is 0 Å². The van der Waals surface area contributed by atoms with Crippen molar-refractivity contribution in [2.45, 2.75) is 102 Å². The zero-order valence-electron chi connectivity index (χ0n) is 19.8. The summed E-state index contributed by atoms with van der Waals surface area (Å²) in [5.74, 6) is 0.146. The fraction of sp³-hybridized carbons (Fsp3) is 0.607. The number of aromatic nitrogens is 1. The molecule has 1 N–H and O–H groups in total. The molecule has 6 rings (SSSR count). The van der Waals surface area contributed by atoms with Gasteiger partial charge in [-0.15, -0.1) is 0 Å². The van der Waals surface area contributed by atoms with Crippen LogP contribution in [0.2, 0.25) is 0 Å². The quantitative estimate of drug-likeness (QED) is 0.501. The Morgan fingerprint density at radius 3 is 2.24 bits per heavy atom. The van der Waals surface area contributed by atoms with E-state index in [1.807, 2.05) is 0 Å². The Labute approximate surface area is 198 Å². The minimum Gasteiger partial charge on any atom is -0.388 e. The molecular formula is C28H32F3NO2. The summed E-state index contributed by atoms with van der Waals surface area (Å²) in [7, 11) is 0. The summed E-state index contributed by atoms with van der Waals surface area (Å²) in [6.07, 6.45) is 3.66. The Balaban J connectivity index is 1.54. The number of alkyl halides is 3. The topological polar surface area (TPSA) is 42.4 Å². The van der Waals surface area contributed by atoms with Crippen LogP contribution in [0.1, 0.15) is 123 Å². The summed E-state index contributed by atoms with van der Waals surface area (Å²) in [6, 6.07) is 5.39. The van der Waals surface area contributed by atoms with Gasteiger partial charge in [-0.05, 0) is 73.1 Å². The molecule has 0 amide bonds. The van der Waals surface area contributed by atoms with E-state index >= 15 is 0 Å². The Hall–Kier alpha value is -1.92. The van der Waals surface area contributed by atoms with Crippen molar-refractivity contribution in [1.29, 1.82) is 0 Å². The summed E-state index contributed by atoms with van der Waals surface area (Å²) in [6.45, 7) is 4.24. The van der Waals surface area contributed by atoms with Crippen molar-refractivity contribution in [2.75, 3.05) is 0 Å². The Kier molecular flexibility index (Phi) is 5.00. The van der Waals surface area contributed by atoms with Crippen LogP contribution < -0.4 is 0 Å². The van der Waals surface area contributed by atoms with Gasteiger partial charge in [0.2, 0.25) is 0 Å². The molecule has 2 heterocycles. The van der Waals surface area contributed by atoms with E-state index in [-0.39, 0.29) is 11.3 Å². The number of rotatable bonds is 2. The van der Waals surface area contributed by atoms with Crippen molar-refractivity contribution in [3.05, 3.63) is 63.5 Å². The Morgan fingerprint density at radius 1 is 1.00 bits per heavy atom. The molecule has 2 saturated carbocycles. The number of pyridine rings is 1. The maximum Gasteiger partial charge on any atom is 0.416 e. The largest absolute Gasteiger partial charge is 0.416 e. The van der Waals surface area contributed by atoms with Crippen molar-refractivity contribution in [3.8, 4) is 0 Å². The monoisotopic (exact) mass is 471 g/mol. The predicted octanol–water partition coefficient (Wildman–Crippen LogP) is 7.26. The van der Waals surface area contributed by atoms with Crippen molar-refractivity contribution >= 4 is 0 Å². The van der Waals surface area contributed by atoms with Gasteiger partial charge in [0, 0.05) is 22.5 Å². The van der Waals surface area contributed by atoms with Gasteiger partial charge in [-0.25, -0.2) is 0 Å². The lowest BCUT2D eigenvalue weighted by Gasteiger charge is -2.47. The maximum atomic E-state index is 13.2. The normalized spacial score (nSPS) is 26.7. The highest BCUT2D eigenvalue weighted by molar-refractivity contribution is 5.54. The summed E-state index contributed by atoms with van der Waals surface area (Å²) >= 11 is 0. The first-order valence-electron chi connectivity index (χ1n) is 12.7. The third-order valence-electron chi connectivity index (χ3n) is 8.86. The fourth-order valence-corrected chi connectivity index (χ4v) is 7.11. The first kappa shape index (κ1) is 22.5. The van der Waals surface area contributed by atoms with E-state index in [1.165, 1.54) is 6.42 Å². The molecule has 2 spiro atoms. The predicted molar refractivity (Wildman–Crippen MR) is 122 cm³/mol. The minimum absolute atomic E-state index is 0.146. The third-order valence-corrected chi connectivity index (χ3v) is 8.86. The lowest BCUT2D eigenvalue weighted by molar-refractivity contribution is -0.137. The van der Waals surface area contributed by atoms with Gasteiger partial charge in [0.1, 0.15) is 6.10 Å². The van der Waals surface area contributed by atoms with Gasteiger partial charge in [-0.1, -0.05) is 45.2 Å². The molecule has 4 aliphatic rings. The number of halogens is 3. The van der Waals surface area contributed by atoms with Gasteiger partial charge < -0.3 is 9.84 Å². The van der Waals surface area contributed by atoms with Crippen LogP contribution in [0.15, 0.2) is 24.3 Å². The van der Waals surface area contributed by atoms with Crippen molar-refractivity contribution in [3.63, 3.8) is 0 Å². The highest BCUT2D eigenvalue weighted by atomic mass is 19.4. The van der Waals surface area contributed by atoms with Gasteiger partial charge in [0.05, 0.1) is 17.3 Å². The zero-order chi connectivity index (χ0) is 23.9. The summed E-state index contributed by atoms with van der Waals surface area (Å²) in [5, 5.41) is 11.5. The van der Waals surface area contributed by atoms with E-state index < -0.39 is 29.5 Å². The number of aliphatic hydroxyl groups excluding tert-OH is 1. The average Bonchev–Trinajstić information content (AvgIpc) is 3.37. The highest BCUT2D eigenvalue weighted by Crippen LogP contribution is 2.61. The van der Waals surface area contributed by atoms with E-state index in [0.717, 1.165) is 97.1 Å². The first-order chi connectivity index (χ1) is 16.1. The van der Waals surface area contributed by atoms with E-state index in [1.54, 1.807) is 12.1 Å². The minimum atomic E-state index is -4.37. The van der Waals surface area contributed by atoms with E-state index in [9.17, 15) is 18.3 Å².